The lowest BCUT2D eigenvalue weighted by Crippen LogP contribution is -2.20. The summed E-state index contributed by atoms with van der Waals surface area (Å²) in [5.41, 5.74) is 7.58. The van der Waals surface area contributed by atoms with Crippen molar-refractivity contribution in [2.75, 3.05) is 0 Å². The standard InChI is InChI=1S/C13H16N2/c1-8(2)12-11-7-9-5-3-4-6-10(9)13(11)15-14-12/h3-6,8,11,13,15H,7H2,1-2H3/t11-,13-/m1/s1. The third-order valence-electron chi connectivity index (χ3n) is 3.54. The van der Waals surface area contributed by atoms with Crippen molar-refractivity contribution in [3.63, 3.8) is 0 Å². The first-order valence-electron chi connectivity index (χ1n) is 5.68. The largest absolute Gasteiger partial charge is 0.302 e. The number of fused-ring (bicyclic) bond motifs is 3. The Hall–Kier alpha value is -1.31. The van der Waals surface area contributed by atoms with Gasteiger partial charge in [-0.2, -0.15) is 5.10 Å². The molecule has 15 heavy (non-hydrogen) atoms. The van der Waals surface area contributed by atoms with Crippen LogP contribution < -0.4 is 5.43 Å². The molecular formula is C13H16N2. The molecule has 2 atom stereocenters. The number of nitrogens with zero attached hydrogens (tertiary/aromatic N) is 1. The van der Waals surface area contributed by atoms with E-state index in [2.05, 4.69) is 48.6 Å². The van der Waals surface area contributed by atoms with Gasteiger partial charge in [-0.25, -0.2) is 0 Å². The molecule has 2 heteroatoms. The molecule has 2 nitrogen and oxygen atoms in total. The molecule has 0 amide bonds. The molecular weight excluding hydrogens is 184 g/mol. The monoisotopic (exact) mass is 200 g/mol. The molecule has 2 aliphatic rings. The van der Waals surface area contributed by atoms with Crippen molar-refractivity contribution < 1.29 is 0 Å². The number of hydrogen-bond acceptors (Lipinski definition) is 2. The van der Waals surface area contributed by atoms with Crippen LogP contribution in [-0.4, -0.2) is 5.71 Å². The molecule has 1 aliphatic heterocycles. The molecule has 1 heterocycles. The number of hydrogen-bond donors (Lipinski definition) is 1. The van der Waals surface area contributed by atoms with Crippen LogP contribution in [0.15, 0.2) is 29.4 Å². The zero-order valence-electron chi connectivity index (χ0n) is 9.20. The molecule has 1 aliphatic carbocycles. The van der Waals surface area contributed by atoms with Gasteiger partial charge in [0.05, 0.1) is 6.04 Å². The van der Waals surface area contributed by atoms with Crippen molar-refractivity contribution in [2.45, 2.75) is 26.3 Å². The van der Waals surface area contributed by atoms with Crippen LogP contribution in [0.3, 0.4) is 0 Å². The van der Waals surface area contributed by atoms with Gasteiger partial charge < -0.3 is 5.43 Å². The quantitative estimate of drug-likeness (QED) is 0.740. The molecule has 0 radical (unpaired) electrons. The lowest BCUT2D eigenvalue weighted by molar-refractivity contribution is 0.529. The molecule has 78 valence electrons. The fourth-order valence-corrected chi connectivity index (χ4v) is 2.81. The second-order valence-electron chi connectivity index (χ2n) is 4.81. The minimum Gasteiger partial charge on any atom is -0.302 e. The van der Waals surface area contributed by atoms with E-state index in [4.69, 9.17) is 0 Å². The smallest absolute Gasteiger partial charge is 0.0776 e. The molecule has 0 bridgehead atoms. The summed E-state index contributed by atoms with van der Waals surface area (Å²) >= 11 is 0. The first-order valence-corrected chi connectivity index (χ1v) is 5.68. The molecule has 1 N–H and O–H groups in total. The fourth-order valence-electron chi connectivity index (χ4n) is 2.81. The van der Waals surface area contributed by atoms with Gasteiger partial charge in [0.2, 0.25) is 0 Å². The molecule has 0 fully saturated rings. The second kappa shape index (κ2) is 3.09. The minimum absolute atomic E-state index is 0.443. The summed E-state index contributed by atoms with van der Waals surface area (Å²) in [6, 6.07) is 9.17. The fraction of sp³-hybridized carbons (Fsp3) is 0.462. The van der Waals surface area contributed by atoms with Crippen molar-refractivity contribution in [3.8, 4) is 0 Å². The highest BCUT2D eigenvalue weighted by Crippen LogP contribution is 2.40. The number of nitrogens with one attached hydrogen (secondary N) is 1. The number of hydrazone groups is 1. The van der Waals surface area contributed by atoms with Gasteiger partial charge in [0.15, 0.2) is 0 Å². The normalized spacial score (nSPS) is 27.3. The van der Waals surface area contributed by atoms with E-state index in [1.54, 1.807) is 0 Å². The van der Waals surface area contributed by atoms with Gasteiger partial charge in [-0.1, -0.05) is 38.1 Å². The molecule has 0 saturated carbocycles. The van der Waals surface area contributed by atoms with E-state index in [9.17, 15) is 0 Å². The van der Waals surface area contributed by atoms with Crippen molar-refractivity contribution in [2.24, 2.45) is 16.9 Å². The average molecular weight is 200 g/mol. The van der Waals surface area contributed by atoms with E-state index in [0.717, 1.165) is 6.42 Å². The maximum Gasteiger partial charge on any atom is 0.0776 e. The van der Waals surface area contributed by atoms with Crippen molar-refractivity contribution in [3.05, 3.63) is 35.4 Å². The third-order valence-corrected chi connectivity index (χ3v) is 3.54. The van der Waals surface area contributed by atoms with Crippen LogP contribution in [0, 0.1) is 11.8 Å². The minimum atomic E-state index is 0.443. The average Bonchev–Trinajstić information content (AvgIpc) is 2.74. The molecule has 0 spiro atoms. The lowest BCUT2D eigenvalue weighted by Gasteiger charge is -2.13. The SMILES string of the molecule is CC(C)C1=NN[C@@H]2c3ccccc3C[C@H]12. The maximum absolute atomic E-state index is 4.49. The van der Waals surface area contributed by atoms with Crippen LogP contribution in [0.2, 0.25) is 0 Å². The Morgan fingerprint density at radius 3 is 2.93 bits per heavy atom. The number of benzene rings is 1. The highest BCUT2D eigenvalue weighted by Gasteiger charge is 2.39. The van der Waals surface area contributed by atoms with Gasteiger partial charge in [0.25, 0.3) is 0 Å². The zero-order chi connectivity index (χ0) is 10.4. The van der Waals surface area contributed by atoms with Gasteiger partial charge in [-0.3, -0.25) is 0 Å². The first-order chi connectivity index (χ1) is 7.27. The summed E-state index contributed by atoms with van der Waals surface area (Å²) in [5, 5.41) is 4.49. The maximum atomic E-state index is 4.49. The molecule has 1 aromatic carbocycles. The van der Waals surface area contributed by atoms with Crippen LogP contribution in [0.25, 0.3) is 0 Å². The summed E-state index contributed by atoms with van der Waals surface area (Å²) < 4.78 is 0. The summed E-state index contributed by atoms with van der Waals surface area (Å²) in [4.78, 5) is 0. The lowest BCUT2D eigenvalue weighted by atomic mass is 9.90. The van der Waals surface area contributed by atoms with E-state index < -0.39 is 0 Å². The Kier molecular flexibility index (Phi) is 1.84. The van der Waals surface area contributed by atoms with Gasteiger partial charge >= 0.3 is 0 Å². The molecule has 0 unspecified atom stereocenters. The summed E-state index contributed by atoms with van der Waals surface area (Å²) in [5.74, 6) is 1.16. The van der Waals surface area contributed by atoms with Crippen LogP contribution in [0.5, 0.6) is 0 Å². The van der Waals surface area contributed by atoms with Crippen molar-refractivity contribution in [1.82, 2.24) is 5.43 Å². The van der Waals surface area contributed by atoms with E-state index in [0.29, 0.717) is 17.9 Å². The first kappa shape index (κ1) is 8.96. The molecule has 1 aromatic rings. The topological polar surface area (TPSA) is 24.4 Å². The Morgan fingerprint density at radius 1 is 1.33 bits per heavy atom. The predicted octanol–water partition coefficient (Wildman–Crippen LogP) is 2.52. The van der Waals surface area contributed by atoms with E-state index in [1.807, 2.05) is 0 Å². The van der Waals surface area contributed by atoms with Crippen LogP contribution in [-0.2, 0) is 6.42 Å². The highest BCUT2D eigenvalue weighted by molar-refractivity contribution is 5.91. The summed E-state index contributed by atoms with van der Waals surface area (Å²) in [7, 11) is 0. The Bertz CT molecular complexity index is 420. The van der Waals surface area contributed by atoms with E-state index >= 15 is 0 Å². The predicted molar refractivity (Wildman–Crippen MR) is 61.8 cm³/mol. The van der Waals surface area contributed by atoms with Crippen LogP contribution >= 0.6 is 0 Å². The Balaban J connectivity index is 1.97. The Labute approximate surface area is 90.4 Å². The molecule has 0 saturated heterocycles. The van der Waals surface area contributed by atoms with E-state index in [1.165, 1.54) is 16.8 Å². The molecule has 3 rings (SSSR count). The van der Waals surface area contributed by atoms with E-state index in [-0.39, 0.29) is 0 Å². The van der Waals surface area contributed by atoms with Gasteiger partial charge in [0, 0.05) is 11.6 Å². The highest BCUT2D eigenvalue weighted by atomic mass is 15.3. The number of rotatable bonds is 1. The van der Waals surface area contributed by atoms with Crippen molar-refractivity contribution in [1.29, 1.82) is 0 Å². The summed E-state index contributed by atoms with van der Waals surface area (Å²) in [6.07, 6.45) is 1.16. The zero-order valence-corrected chi connectivity index (χ0v) is 9.20. The van der Waals surface area contributed by atoms with Gasteiger partial charge in [0.1, 0.15) is 0 Å². The molecule has 0 aromatic heterocycles. The third kappa shape index (κ3) is 1.21. The van der Waals surface area contributed by atoms with Gasteiger partial charge in [-0.15, -0.1) is 0 Å². The van der Waals surface area contributed by atoms with Crippen LogP contribution in [0.4, 0.5) is 0 Å². The Morgan fingerprint density at radius 2 is 2.13 bits per heavy atom. The van der Waals surface area contributed by atoms with Crippen molar-refractivity contribution >= 4 is 5.71 Å². The van der Waals surface area contributed by atoms with Crippen LogP contribution in [0.1, 0.15) is 31.0 Å². The second-order valence-corrected chi connectivity index (χ2v) is 4.81. The van der Waals surface area contributed by atoms with Gasteiger partial charge in [-0.05, 0) is 23.5 Å². The summed E-state index contributed by atoms with van der Waals surface area (Å²) in [6.45, 7) is 4.46.